The van der Waals surface area contributed by atoms with Gasteiger partial charge in [0.1, 0.15) is 0 Å². The normalized spacial score (nSPS) is 14.0. The van der Waals surface area contributed by atoms with Crippen LogP contribution in [0.5, 0.6) is 0 Å². The van der Waals surface area contributed by atoms with E-state index in [1.165, 1.54) is 104 Å². The quantitative estimate of drug-likeness (QED) is 0.164. The van der Waals surface area contributed by atoms with E-state index in [9.17, 15) is 0 Å². The molecule has 8 aromatic rings. The molecule has 0 atom stereocenters. The molecule has 0 saturated carbocycles. The minimum atomic E-state index is -0.0921. The van der Waals surface area contributed by atoms with E-state index in [1.54, 1.807) is 0 Å². The summed E-state index contributed by atoms with van der Waals surface area (Å²) in [6.45, 7) is 28.1. The summed E-state index contributed by atoms with van der Waals surface area (Å²) in [5, 5.41) is 2.66. The van der Waals surface area contributed by atoms with Crippen LogP contribution in [-0.2, 0) is 21.7 Å². The van der Waals surface area contributed by atoms with Gasteiger partial charge in [-0.05, 0) is 126 Å². The monoisotopic (exact) mass is 826 g/mol. The van der Waals surface area contributed by atoms with Crippen LogP contribution >= 0.6 is 11.3 Å². The van der Waals surface area contributed by atoms with E-state index in [4.69, 9.17) is 0 Å². The fourth-order valence-electron chi connectivity index (χ4n) is 9.80. The molecule has 4 heteroatoms. The molecule has 2 aliphatic rings. The van der Waals surface area contributed by atoms with Gasteiger partial charge in [-0.3, -0.25) is 0 Å². The lowest BCUT2D eigenvalue weighted by atomic mass is 9.33. The molecule has 0 fully saturated rings. The van der Waals surface area contributed by atoms with Crippen molar-refractivity contribution in [3.8, 4) is 11.1 Å². The summed E-state index contributed by atoms with van der Waals surface area (Å²) in [6, 6.07) is 54.0. The Morgan fingerprint density at radius 1 is 0.403 bits per heavy atom. The third-order valence-corrected chi connectivity index (χ3v) is 14.7. The predicted octanol–water partition coefficient (Wildman–Crippen LogP) is 15.0. The summed E-state index contributed by atoms with van der Waals surface area (Å²) in [7, 11) is 0. The van der Waals surface area contributed by atoms with Gasteiger partial charge in [-0.15, -0.1) is 11.3 Å². The van der Waals surface area contributed by atoms with Gasteiger partial charge in [0.15, 0.2) is 0 Å². The van der Waals surface area contributed by atoms with Gasteiger partial charge in [0.25, 0.3) is 6.71 Å². The first-order valence-corrected chi connectivity index (χ1v) is 23.3. The van der Waals surface area contributed by atoms with Crippen molar-refractivity contribution in [2.24, 2.45) is 0 Å². The molecule has 0 amide bonds. The first kappa shape index (κ1) is 40.5. The molecule has 0 bridgehead atoms. The average Bonchev–Trinajstić information content (AvgIpc) is 3.61. The van der Waals surface area contributed by atoms with Crippen LogP contribution < -0.4 is 26.2 Å². The summed E-state index contributed by atoms with van der Waals surface area (Å²) >= 11 is 1.90. The van der Waals surface area contributed by atoms with Crippen LogP contribution in [-0.4, -0.2) is 6.71 Å². The Bertz CT molecular complexity index is 3050. The Hall–Kier alpha value is -5.58. The number of fused-ring (bicyclic) bond motifs is 7. The third kappa shape index (κ3) is 6.60. The van der Waals surface area contributed by atoms with Crippen molar-refractivity contribution in [2.75, 3.05) is 9.80 Å². The second kappa shape index (κ2) is 14.0. The summed E-state index contributed by atoms with van der Waals surface area (Å²) in [5.74, 6) is 0. The largest absolute Gasteiger partial charge is 0.311 e. The highest BCUT2D eigenvalue weighted by molar-refractivity contribution is 7.26. The number of rotatable bonds is 3. The first-order chi connectivity index (χ1) is 29.3. The maximum atomic E-state index is 2.59. The van der Waals surface area contributed by atoms with Crippen molar-refractivity contribution < 1.29 is 0 Å². The highest BCUT2D eigenvalue weighted by Gasteiger charge is 2.45. The fraction of sp³-hybridized carbons (Fsp3) is 0.276. The second-order valence-corrected chi connectivity index (χ2v) is 23.0. The van der Waals surface area contributed by atoms with E-state index in [0.717, 1.165) is 0 Å². The average molecular weight is 827 g/mol. The molecule has 62 heavy (non-hydrogen) atoms. The van der Waals surface area contributed by atoms with Gasteiger partial charge in [0.2, 0.25) is 0 Å². The van der Waals surface area contributed by atoms with Crippen LogP contribution in [0.3, 0.4) is 0 Å². The van der Waals surface area contributed by atoms with Crippen molar-refractivity contribution >= 4 is 88.7 Å². The second-order valence-electron chi connectivity index (χ2n) is 22.0. The zero-order chi connectivity index (χ0) is 43.7. The van der Waals surface area contributed by atoms with Gasteiger partial charge in [-0.1, -0.05) is 168 Å². The zero-order valence-corrected chi connectivity index (χ0v) is 39.5. The Morgan fingerprint density at radius 2 is 0.919 bits per heavy atom. The van der Waals surface area contributed by atoms with Gasteiger partial charge >= 0.3 is 0 Å². The topological polar surface area (TPSA) is 6.48 Å². The number of hydrogen-bond donors (Lipinski definition) is 0. The van der Waals surface area contributed by atoms with Crippen LogP contribution in [0.1, 0.15) is 105 Å². The van der Waals surface area contributed by atoms with Gasteiger partial charge in [0, 0.05) is 54.3 Å². The van der Waals surface area contributed by atoms with Crippen molar-refractivity contribution in [3.05, 3.63) is 162 Å². The lowest BCUT2D eigenvalue weighted by molar-refractivity contribution is 0.589. The standard InChI is InChI=1S/C58H59BN2S/c1-55(2,3)37-22-28-42(29-23-37)61-49-33-39(57(7,8)9)24-30-46(49)59-47-32-38(56(4,5)6)25-31-48(47)60(50-34-40(58(10,11)12)35-51(61)53(50)59)41-26-20-36(21-27-41)43-17-15-18-45-44-16-13-14-19-52(44)62-54(43)45/h13-35H,1-12H3. The first-order valence-electron chi connectivity index (χ1n) is 22.5. The van der Waals surface area contributed by atoms with Crippen molar-refractivity contribution in [3.63, 3.8) is 0 Å². The lowest BCUT2D eigenvalue weighted by Crippen LogP contribution is -2.61. The van der Waals surface area contributed by atoms with Gasteiger partial charge in [-0.25, -0.2) is 0 Å². The Balaban J connectivity index is 1.24. The molecule has 0 saturated heterocycles. The Labute approximate surface area is 374 Å². The number of anilines is 6. The molecule has 0 N–H and O–H groups in total. The van der Waals surface area contributed by atoms with E-state index >= 15 is 0 Å². The molecule has 3 heterocycles. The minimum absolute atomic E-state index is 0.00910. The number of benzene rings is 7. The predicted molar refractivity (Wildman–Crippen MR) is 274 cm³/mol. The van der Waals surface area contributed by atoms with Gasteiger partial charge in [-0.2, -0.15) is 0 Å². The van der Waals surface area contributed by atoms with E-state index in [0.29, 0.717) is 0 Å². The Kier molecular flexibility index (Phi) is 9.12. The zero-order valence-electron chi connectivity index (χ0n) is 38.7. The fourth-order valence-corrected chi connectivity index (χ4v) is 11.0. The molecule has 0 spiro atoms. The third-order valence-electron chi connectivity index (χ3n) is 13.5. The van der Waals surface area contributed by atoms with Crippen molar-refractivity contribution in [1.29, 1.82) is 0 Å². The lowest BCUT2D eigenvalue weighted by Gasteiger charge is -2.45. The van der Waals surface area contributed by atoms with E-state index in [1.807, 2.05) is 11.3 Å². The molecule has 0 radical (unpaired) electrons. The number of nitrogens with zero attached hydrogens (tertiary/aromatic N) is 2. The molecule has 310 valence electrons. The molecule has 0 unspecified atom stereocenters. The molecule has 7 aromatic carbocycles. The smallest absolute Gasteiger partial charge is 0.252 e. The molecular weight excluding hydrogens is 768 g/mol. The van der Waals surface area contributed by atoms with Crippen LogP contribution in [0.15, 0.2) is 140 Å². The number of thiophene rings is 1. The van der Waals surface area contributed by atoms with Crippen LogP contribution in [0, 0.1) is 0 Å². The summed E-state index contributed by atoms with van der Waals surface area (Å²) in [5.41, 5.74) is 19.3. The Morgan fingerprint density at radius 3 is 1.55 bits per heavy atom. The molecule has 0 aliphatic carbocycles. The van der Waals surface area contributed by atoms with Crippen LogP contribution in [0.4, 0.5) is 34.1 Å². The van der Waals surface area contributed by atoms with Crippen LogP contribution in [0.2, 0.25) is 0 Å². The van der Waals surface area contributed by atoms with Crippen molar-refractivity contribution in [1.82, 2.24) is 0 Å². The number of hydrogen-bond acceptors (Lipinski definition) is 3. The minimum Gasteiger partial charge on any atom is -0.311 e. The summed E-state index contributed by atoms with van der Waals surface area (Å²) in [6.07, 6.45) is 0. The van der Waals surface area contributed by atoms with E-state index in [2.05, 4.69) is 232 Å². The van der Waals surface area contributed by atoms with Crippen LogP contribution in [0.25, 0.3) is 31.3 Å². The molecule has 2 nitrogen and oxygen atoms in total. The van der Waals surface area contributed by atoms with Gasteiger partial charge < -0.3 is 9.80 Å². The molecular formula is C58H59BN2S. The SMILES string of the molecule is CC(C)(C)c1ccc(N2c3cc(C(C)(C)C)ccc3B3c4cc(C(C)(C)C)ccc4N(c4ccc(-c5cccc6c5sc5ccccc56)cc4)c4cc(C(C)(C)C)cc2c43)cc1. The molecule has 1 aromatic heterocycles. The van der Waals surface area contributed by atoms with Crippen molar-refractivity contribution in [2.45, 2.75) is 105 Å². The van der Waals surface area contributed by atoms with Gasteiger partial charge in [0.05, 0.1) is 0 Å². The summed E-state index contributed by atoms with van der Waals surface area (Å²) < 4.78 is 2.68. The maximum absolute atomic E-state index is 2.59. The van der Waals surface area contributed by atoms with E-state index < -0.39 is 0 Å². The summed E-state index contributed by atoms with van der Waals surface area (Å²) in [4.78, 5) is 5.17. The molecule has 10 rings (SSSR count). The highest BCUT2D eigenvalue weighted by Crippen LogP contribution is 2.48. The molecule has 2 aliphatic heterocycles. The van der Waals surface area contributed by atoms with E-state index in [-0.39, 0.29) is 28.4 Å². The highest BCUT2D eigenvalue weighted by atomic mass is 32.1. The maximum Gasteiger partial charge on any atom is 0.252 e.